The zero-order valence-corrected chi connectivity index (χ0v) is 23.8. The van der Waals surface area contributed by atoms with E-state index in [0.717, 1.165) is 19.3 Å². The van der Waals surface area contributed by atoms with Gasteiger partial charge in [-0.1, -0.05) is 32.9 Å². The minimum atomic E-state index is -4.26. The van der Waals surface area contributed by atoms with Gasteiger partial charge < -0.3 is 15.4 Å². The molecule has 0 aromatic carbocycles. The third-order valence-corrected chi connectivity index (χ3v) is 8.11. The minimum absolute atomic E-state index is 0. The number of ether oxygens (including phenoxy) is 1. The van der Waals surface area contributed by atoms with Crippen LogP contribution in [-0.4, -0.2) is 47.5 Å². The van der Waals surface area contributed by atoms with E-state index in [2.05, 4.69) is 54.2 Å². The quantitative estimate of drug-likeness (QED) is 0.386. The number of carbonyl (C=O) groups is 1. The molecule has 0 spiro atoms. The average Bonchev–Trinajstić information content (AvgIpc) is 3.18. The molecule has 1 amide bonds. The third kappa shape index (κ3) is 6.30. The number of nitrogens with one attached hydrogen (secondary N) is 1. The van der Waals surface area contributed by atoms with Crippen molar-refractivity contribution in [1.82, 2.24) is 19.7 Å². The zero-order valence-electron chi connectivity index (χ0n) is 23.0. The SMILES string of the molecule is CCC(CC)Oc1cccc(-c2ccc(C(=O)NS(=O)(=O)c3cccc(N)n3)c(N3CC(C)CC3(C)C)n2)n1.[HH]. The van der Waals surface area contributed by atoms with Crippen LogP contribution in [0.4, 0.5) is 11.6 Å². The molecule has 3 aromatic rings. The maximum absolute atomic E-state index is 13.4. The van der Waals surface area contributed by atoms with Crippen LogP contribution in [0.25, 0.3) is 11.4 Å². The highest BCUT2D eigenvalue weighted by atomic mass is 32.2. The van der Waals surface area contributed by atoms with Gasteiger partial charge in [-0.3, -0.25) is 4.79 Å². The van der Waals surface area contributed by atoms with Crippen molar-refractivity contribution in [3.8, 4) is 17.3 Å². The van der Waals surface area contributed by atoms with E-state index in [9.17, 15) is 13.2 Å². The van der Waals surface area contributed by atoms with E-state index in [1.165, 1.54) is 18.2 Å². The van der Waals surface area contributed by atoms with Crippen molar-refractivity contribution in [2.24, 2.45) is 5.92 Å². The highest BCUT2D eigenvalue weighted by molar-refractivity contribution is 7.90. The molecule has 4 heterocycles. The van der Waals surface area contributed by atoms with E-state index in [-0.39, 0.29) is 29.5 Å². The molecule has 4 rings (SSSR count). The summed E-state index contributed by atoms with van der Waals surface area (Å²) in [5.41, 5.74) is 6.62. The van der Waals surface area contributed by atoms with Crippen molar-refractivity contribution in [1.29, 1.82) is 0 Å². The summed E-state index contributed by atoms with van der Waals surface area (Å²) < 4.78 is 34.0. The van der Waals surface area contributed by atoms with E-state index >= 15 is 0 Å². The van der Waals surface area contributed by atoms with Crippen LogP contribution < -0.4 is 20.1 Å². The second-order valence-electron chi connectivity index (χ2n) is 10.6. The lowest BCUT2D eigenvalue weighted by atomic mass is 9.97. The topological polar surface area (TPSA) is 140 Å². The van der Waals surface area contributed by atoms with E-state index in [4.69, 9.17) is 15.5 Å². The number of anilines is 2. The number of nitrogens with zero attached hydrogens (tertiary/aromatic N) is 4. The fourth-order valence-corrected chi connectivity index (χ4v) is 5.93. The number of sulfonamides is 1. The molecule has 0 aliphatic carbocycles. The Morgan fingerprint density at radius 3 is 2.44 bits per heavy atom. The summed E-state index contributed by atoms with van der Waals surface area (Å²) in [6, 6.07) is 13.0. The molecule has 39 heavy (non-hydrogen) atoms. The summed E-state index contributed by atoms with van der Waals surface area (Å²) in [4.78, 5) is 28.9. The van der Waals surface area contributed by atoms with Crippen LogP contribution in [0.3, 0.4) is 0 Å². The maximum Gasteiger partial charge on any atom is 0.281 e. The molecule has 0 saturated carbocycles. The average molecular weight is 555 g/mol. The largest absolute Gasteiger partial charge is 0.474 e. The van der Waals surface area contributed by atoms with Crippen molar-refractivity contribution >= 4 is 27.6 Å². The van der Waals surface area contributed by atoms with Crippen LogP contribution in [0.5, 0.6) is 5.88 Å². The fraction of sp³-hybridized carbons (Fsp3) is 0.429. The summed E-state index contributed by atoms with van der Waals surface area (Å²) >= 11 is 0. The van der Waals surface area contributed by atoms with Crippen molar-refractivity contribution in [2.45, 2.75) is 70.6 Å². The molecule has 3 N–H and O–H groups in total. The van der Waals surface area contributed by atoms with E-state index in [1.807, 2.05) is 18.2 Å². The first-order valence-corrected chi connectivity index (χ1v) is 14.6. The predicted octanol–water partition coefficient (Wildman–Crippen LogP) is 4.68. The van der Waals surface area contributed by atoms with Gasteiger partial charge in [0.25, 0.3) is 15.9 Å². The van der Waals surface area contributed by atoms with Crippen LogP contribution in [0.2, 0.25) is 0 Å². The van der Waals surface area contributed by atoms with Crippen molar-refractivity contribution in [3.63, 3.8) is 0 Å². The Kier molecular flexibility index (Phi) is 8.10. The molecule has 3 aromatic heterocycles. The monoisotopic (exact) mass is 554 g/mol. The van der Waals surface area contributed by atoms with E-state index < -0.39 is 15.9 Å². The number of nitrogen functional groups attached to an aromatic ring is 1. The Morgan fingerprint density at radius 1 is 1.10 bits per heavy atom. The van der Waals surface area contributed by atoms with Crippen LogP contribution in [0, 0.1) is 5.92 Å². The molecule has 1 saturated heterocycles. The molecule has 1 aliphatic rings. The Morgan fingerprint density at radius 2 is 1.79 bits per heavy atom. The first kappa shape index (κ1) is 28.3. The second-order valence-corrected chi connectivity index (χ2v) is 12.2. The highest BCUT2D eigenvalue weighted by Gasteiger charge is 2.39. The normalized spacial score (nSPS) is 16.9. The third-order valence-electron chi connectivity index (χ3n) is 6.88. The first-order chi connectivity index (χ1) is 18.4. The molecule has 0 bridgehead atoms. The lowest BCUT2D eigenvalue weighted by Crippen LogP contribution is -2.41. The number of carbonyl (C=O) groups excluding carboxylic acids is 1. The summed E-state index contributed by atoms with van der Waals surface area (Å²) in [7, 11) is -4.26. The molecule has 1 aliphatic heterocycles. The van der Waals surface area contributed by atoms with E-state index in [1.54, 1.807) is 12.1 Å². The molecular weight excluding hydrogens is 516 g/mol. The van der Waals surface area contributed by atoms with Gasteiger partial charge in [0.15, 0.2) is 5.03 Å². The lowest BCUT2D eigenvalue weighted by Gasteiger charge is -2.34. The molecule has 1 atom stereocenters. The predicted molar refractivity (Wildman–Crippen MR) is 153 cm³/mol. The molecule has 11 heteroatoms. The molecule has 0 radical (unpaired) electrons. The van der Waals surface area contributed by atoms with Crippen molar-refractivity contribution in [2.75, 3.05) is 17.2 Å². The molecule has 210 valence electrons. The van der Waals surface area contributed by atoms with Gasteiger partial charge in [-0.25, -0.2) is 19.7 Å². The molecule has 1 unspecified atom stereocenters. The molecular formula is C28H38N6O4S. The number of pyridine rings is 3. The van der Waals surface area contributed by atoms with Gasteiger partial charge in [0, 0.05) is 19.6 Å². The minimum Gasteiger partial charge on any atom is -0.474 e. The maximum atomic E-state index is 13.4. The van der Waals surface area contributed by atoms with Crippen LogP contribution >= 0.6 is 0 Å². The zero-order chi connectivity index (χ0) is 28.4. The Hall–Kier alpha value is -3.73. The number of rotatable bonds is 9. The summed E-state index contributed by atoms with van der Waals surface area (Å²) in [5.74, 6) is 0.483. The van der Waals surface area contributed by atoms with Gasteiger partial charge in [-0.15, -0.1) is 0 Å². The number of nitrogens with two attached hydrogens (primary N) is 1. The van der Waals surface area contributed by atoms with Gasteiger partial charge in [0.05, 0.1) is 23.1 Å². The van der Waals surface area contributed by atoms with Gasteiger partial charge in [-0.05, 0) is 69.4 Å². The van der Waals surface area contributed by atoms with Crippen LogP contribution in [0.15, 0.2) is 53.6 Å². The second kappa shape index (κ2) is 11.2. The van der Waals surface area contributed by atoms with Crippen LogP contribution in [-0.2, 0) is 10.0 Å². The smallest absolute Gasteiger partial charge is 0.281 e. The van der Waals surface area contributed by atoms with Gasteiger partial charge in [0.1, 0.15) is 11.6 Å². The molecule has 10 nitrogen and oxygen atoms in total. The number of hydrogen-bond acceptors (Lipinski definition) is 9. The Labute approximate surface area is 231 Å². The highest BCUT2D eigenvalue weighted by Crippen LogP contribution is 2.38. The van der Waals surface area contributed by atoms with Gasteiger partial charge >= 0.3 is 0 Å². The van der Waals surface area contributed by atoms with Crippen LogP contribution in [0.1, 0.15) is 65.7 Å². The van der Waals surface area contributed by atoms with Gasteiger partial charge in [-0.2, -0.15) is 8.42 Å². The summed E-state index contributed by atoms with van der Waals surface area (Å²) in [6.07, 6.45) is 2.68. The number of amides is 1. The lowest BCUT2D eigenvalue weighted by molar-refractivity contribution is 0.0981. The van der Waals surface area contributed by atoms with Gasteiger partial charge in [0.2, 0.25) is 5.88 Å². The molecule has 1 fully saturated rings. The van der Waals surface area contributed by atoms with Crippen molar-refractivity contribution in [3.05, 3.63) is 54.1 Å². The van der Waals surface area contributed by atoms with E-state index in [0.29, 0.717) is 35.5 Å². The summed E-state index contributed by atoms with van der Waals surface area (Å²) in [5, 5.41) is -0.337. The van der Waals surface area contributed by atoms with Crippen molar-refractivity contribution < 1.29 is 19.4 Å². The summed E-state index contributed by atoms with van der Waals surface area (Å²) in [6.45, 7) is 11.1. The number of hydrogen-bond donors (Lipinski definition) is 2. The number of aromatic nitrogens is 3. The Balaban J connectivity index is 0.00000441. The fourth-order valence-electron chi connectivity index (χ4n) is 4.99. The first-order valence-electron chi connectivity index (χ1n) is 13.2. The Bertz CT molecular complexity index is 1460. The standard InChI is InChI=1S/C28H36N6O4S.H2/c1-6-19(7-2)38-24-12-8-10-21(30-24)22-15-14-20(26(31-22)34-17-18(3)16-28(34,4)5)27(35)33-39(36,37)25-13-9-11-23(29)32-25;/h8-15,18-19H,6-7,16-17H2,1-5H3,(H2,29,32)(H,33,35);1H.